The van der Waals surface area contributed by atoms with Crippen molar-refractivity contribution >= 4 is 23.6 Å². The summed E-state index contributed by atoms with van der Waals surface area (Å²) in [5.41, 5.74) is -0.814. The van der Waals surface area contributed by atoms with Gasteiger partial charge in [0.15, 0.2) is 0 Å². The fourth-order valence-corrected chi connectivity index (χ4v) is 4.74. The number of rotatable bonds is 5. The maximum absolute atomic E-state index is 12.4. The lowest BCUT2D eigenvalue weighted by molar-refractivity contribution is -0.154. The molecule has 0 bridgehead atoms. The summed E-state index contributed by atoms with van der Waals surface area (Å²) in [4.78, 5) is 24.0. The van der Waals surface area contributed by atoms with Crippen molar-refractivity contribution in [1.82, 2.24) is 5.32 Å². The average Bonchev–Trinajstić information content (AvgIpc) is 2.48. The van der Waals surface area contributed by atoms with Gasteiger partial charge in [-0.25, -0.2) is 0 Å². The van der Waals surface area contributed by atoms with E-state index >= 15 is 0 Å². The van der Waals surface area contributed by atoms with Gasteiger partial charge in [0.1, 0.15) is 0 Å². The maximum Gasteiger partial charge on any atom is 0.310 e. The van der Waals surface area contributed by atoms with E-state index in [1.165, 1.54) is 6.42 Å². The van der Waals surface area contributed by atoms with Crippen molar-refractivity contribution in [3.8, 4) is 0 Å². The van der Waals surface area contributed by atoms with E-state index in [-0.39, 0.29) is 18.4 Å². The van der Waals surface area contributed by atoms with Gasteiger partial charge in [0, 0.05) is 17.7 Å². The monoisotopic (exact) mass is 313 g/mol. The molecule has 2 aliphatic carbocycles. The van der Waals surface area contributed by atoms with Gasteiger partial charge in [-0.15, -0.1) is 0 Å². The Morgan fingerprint density at radius 1 is 1.14 bits per heavy atom. The summed E-state index contributed by atoms with van der Waals surface area (Å²) in [5, 5.41) is 13.2. The second-order valence-electron chi connectivity index (χ2n) is 6.56. The van der Waals surface area contributed by atoms with Crippen LogP contribution >= 0.6 is 11.8 Å². The van der Waals surface area contributed by atoms with Crippen molar-refractivity contribution in [3.05, 3.63) is 0 Å². The Morgan fingerprint density at radius 3 is 2.43 bits per heavy atom. The first-order chi connectivity index (χ1) is 10.1. The van der Waals surface area contributed by atoms with E-state index in [0.29, 0.717) is 18.1 Å². The van der Waals surface area contributed by atoms with Gasteiger partial charge in [0.05, 0.1) is 5.41 Å². The SMILES string of the molecule is CSC1CCCCC1NC(=O)CC1(C(=O)O)CCCCC1. The van der Waals surface area contributed by atoms with Crippen LogP contribution in [0.4, 0.5) is 0 Å². The molecule has 2 N–H and O–H groups in total. The molecule has 2 saturated carbocycles. The zero-order valence-electron chi connectivity index (χ0n) is 12.9. The fourth-order valence-electron chi connectivity index (χ4n) is 3.80. The first-order valence-electron chi connectivity index (χ1n) is 8.13. The van der Waals surface area contributed by atoms with Gasteiger partial charge < -0.3 is 10.4 Å². The highest BCUT2D eigenvalue weighted by Crippen LogP contribution is 2.39. The molecule has 0 radical (unpaired) electrons. The number of carbonyl (C=O) groups excluding carboxylic acids is 1. The molecule has 0 spiro atoms. The number of nitrogens with one attached hydrogen (secondary N) is 1. The number of aliphatic carboxylic acids is 1. The fraction of sp³-hybridized carbons (Fsp3) is 0.875. The lowest BCUT2D eigenvalue weighted by atomic mass is 9.71. The van der Waals surface area contributed by atoms with Gasteiger partial charge in [-0.3, -0.25) is 9.59 Å². The van der Waals surface area contributed by atoms with E-state index < -0.39 is 11.4 Å². The molecule has 4 nitrogen and oxygen atoms in total. The smallest absolute Gasteiger partial charge is 0.310 e. The number of carboxylic acids is 1. The quantitative estimate of drug-likeness (QED) is 0.818. The van der Waals surface area contributed by atoms with E-state index in [4.69, 9.17) is 0 Å². The summed E-state index contributed by atoms with van der Waals surface area (Å²) in [7, 11) is 0. The van der Waals surface area contributed by atoms with Crippen LogP contribution in [0.25, 0.3) is 0 Å². The number of amides is 1. The van der Waals surface area contributed by atoms with E-state index in [0.717, 1.165) is 38.5 Å². The van der Waals surface area contributed by atoms with Gasteiger partial charge >= 0.3 is 5.97 Å². The Balaban J connectivity index is 1.94. The molecule has 0 heterocycles. The Labute approximate surface area is 131 Å². The lowest BCUT2D eigenvalue weighted by Gasteiger charge is -2.35. The molecule has 2 aliphatic rings. The molecule has 2 rings (SSSR count). The molecule has 120 valence electrons. The molecule has 1 amide bonds. The van der Waals surface area contributed by atoms with Crippen LogP contribution in [0, 0.1) is 5.41 Å². The predicted molar refractivity (Wildman–Crippen MR) is 85.5 cm³/mol. The first-order valence-corrected chi connectivity index (χ1v) is 9.42. The summed E-state index contributed by atoms with van der Waals surface area (Å²) in [6, 6.07) is 0.218. The maximum atomic E-state index is 12.4. The second kappa shape index (κ2) is 7.52. The van der Waals surface area contributed by atoms with Crippen LogP contribution in [0.1, 0.15) is 64.2 Å². The first kappa shape index (κ1) is 16.7. The van der Waals surface area contributed by atoms with Gasteiger partial charge in [-0.2, -0.15) is 11.8 Å². The van der Waals surface area contributed by atoms with Crippen molar-refractivity contribution in [2.45, 2.75) is 75.5 Å². The van der Waals surface area contributed by atoms with Crippen molar-refractivity contribution < 1.29 is 14.7 Å². The number of carboxylic acid groups (broad SMARTS) is 1. The second-order valence-corrected chi connectivity index (χ2v) is 7.63. The Hall–Kier alpha value is -0.710. The van der Waals surface area contributed by atoms with E-state index in [9.17, 15) is 14.7 Å². The molecule has 0 aromatic rings. The molecule has 2 fully saturated rings. The van der Waals surface area contributed by atoms with Crippen LogP contribution in [-0.2, 0) is 9.59 Å². The number of hydrogen-bond donors (Lipinski definition) is 2. The van der Waals surface area contributed by atoms with Gasteiger partial charge in [-0.05, 0) is 31.9 Å². The van der Waals surface area contributed by atoms with Gasteiger partial charge in [-0.1, -0.05) is 32.1 Å². The van der Waals surface area contributed by atoms with Crippen molar-refractivity contribution in [1.29, 1.82) is 0 Å². The molecule has 5 heteroatoms. The standard InChI is InChI=1S/C16H27NO3S/c1-21-13-8-4-3-7-12(13)17-14(18)11-16(15(19)20)9-5-2-6-10-16/h12-13H,2-11H2,1H3,(H,17,18)(H,19,20). The molecule has 2 atom stereocenters. The highest BCUT2D eigenvalue weighted by atomic mass is 32.2. The summed E-state index contributed by atoms with van der Waals surface area (Å²) in [5.74, 6) is -0.854. The van der Waals surface area contributed by atoms with Gasteiger partial charge in [0.2, 0.25) is 5.91 Å². The molecule has 0 aromatic carbocycles. The number of thioether (sulfide) groups is 1. The Bertz CT molecular complexity index is 380. The van der Waals surface area contributed by atoms with E-state index in [1.807, 2.05) is 11.8 Å². The highest BCUT2D eigenvalue weighted by Gasteiger charge is 2.42. The van der Waals surface area contributed by atoms with Crippen molar-refractivity contribution in [2.75, 3.05) is 6.26 Å². The Morgan fingerprint density at radius 2 is 1.81 bits per heavy atom. The molecule has 2 unspecified atom stereocenters. The largest absolute Gasteiger partial charge is 0.481 e. The van der Waals surface area contributed by atoms with Crippen LogP contribution in [0.3, 0.4) is 0 Å². The van der Waals surface area contributed by atoms with Crippen LogP contribution in [0.15, 0.2) is 0 Å². The van der Waals surface area contributed by atoms with Crippen LogP contribution in [0.2, 0.25) is 0 Å². The topological polar surface area (TPSA) is 66.4 Å². The third-order valence-corrected chi connectivity index (χ3v) is 6.28. The number of hydrogen-bond acceptors (Lipinski definition) is 3. The van der Waals surface area contributed by atoms with E-state index in [2.05, 4.69) is 11.6 Å². The molecule has 0 aliphatic heterocycles. The molecular formula is C16H27NO3S. The molecular weight excluding hydrogens is 286 g/mol. The normalized spacial score (nSPS) is 28.8. The number of carbonyl (C=O) groups is 2. The average molecular weight is 313 g/mol. The van der Waals surface area contributed by atoms with E-state index in [1.54, 1.807) is 0 Å². The van der Waals surface area contributed by atoms with Crippen LogP contribution in [0.5, 0.6) is 0 Å². The van der Waals surface area contributed by atoms with Crippen molar-refractivity contribution in [2.24, 2.45) is 5.41 Å². The molecule has 21 heavy (non-hydrogen) atoms. The minimum absolute atomic E-state index is 0.0646. The Kier molecular flexibility index (Phi) is 5.97. The highest BCUT2D eigenvalue weighted by molar-refractivity contribution is 7.99. The third kappa shape index (κ3) is 4.15. The van der Waals surface area contributed by atoms with Crippen LogP contribution in [-0.4, -0.2) is 34.5 Å². The minimum atomic E-state index is -0.814. The predicted octanol–water partition coefficient (Wildman–Crippen LogP) is 3.20. The molecule has 0 saturated heterocycles. The van der Waals surface area contributed by atoms with Crippen molar-refractivity contribution in [3.63, 3.8) is 0 Å². The zero-order chi connectivity index (χ0) is 15.3. The summed E-state index contributed by atoms with van der Waals surface area (Å²) >= 11 is 1.82. The summed E-state index contributed by atoms with van der Waals surface area (Å²) < 4.78 is 0. The zero-order valence-corrected chi connectivity index (χ0v) is 13.7. The summed E-state index contributed by atoms with van der Waals surface area (Å²) in [6.45, 7) is 0. The lowest BCUT2D eigenvalue weighted by Crippen LogP contribution is -2.46. The third-order valence-electron chi connectivity index (χ3n) is 5.11. The molecule has 0 aromatic heterocycles. The van der Waals surface area contributed by atoms with Crippen LogP contribution < -0.4 is 5.32 Å². The summed E-state index contributed by atoms with van der Waals surface area (Å²) in [6.07, 6.45) is 11.0. The van der Waals surface area contributed by atoms with Gasteiger partial charge in [0.25, 0.3) is 0 Å². The minimum Gasteiger partial charge on any atom is -0.481 e.